The van der Waals surface area contributed by atoms with Crippen LogP contribution in [0.4, 0.5) is 0 Å². The highest BCUT2D eigenvalue weighted by Crippen LogP contribution is 2.33. The molecule has 3 rings (SSSR count). The van der Waals surface area contributed by atoms with Crippen molar-refractivity contribution in [2.24, 2.45) is 5.73 Å². The molecule has 3 aromatic rings. The summed E-state index contributed by atoms with van der Waals surface area (Å²) in [5.74, 6) is 0. The lowest BCUT2D eigenvalue weighted by Crippen LogP contribution is -2.06. The second-order valence-electron chi connectivity index (χ2n) is 7.21. The van der Waals surface area contributed by atoms with Crippen LogP contribution in [-0.2, 0) is 19.4 Å². The lowest BCUT2D eigenvalue weighted by molar-refractivity contribution is 0.282. The molecule has 27 heavy (non-hydrogen) atoms. The summed E-state index contributed by atoms with van der Waals surface area (Å²) in [7, 11) is 0. The molecule has 0 bridgehead atoms. The third-order valence-corrected chi connectivity index (χ3v) is 5.33. The van der Waals surface area contributed by atoms with E-state index in [1.54, 1.807) is 0 Å². The Balaban J connectivity index is 2.08. The molecule has 0 unspecified atom stereocenters. The van der Waals surface area contributed by atoms with Crippen LogP contribution in [0.25, 0.3) is 16.6 Å². The highest BCUT2D eigenvalue weighted by atomic mass is 16.2. The Hall–Kier alpha value is -2.17. The predicted octanol–water partition coefficient (Wildman–Crippen LogP) is 4.43. The molecule has 0 atom stereocenters. The van der Waals surface area contributed by atoms with Crippen molar-refractivity contribution in [3.8, 4) is 11.1 Å². The molecule has 2 heterocycles. The lowest BCUT2D eigenvalue weighted by Gasteiger charge is -2.16. The van der Waals surface area contributed by atoms with Crippen molar-refractivity contribution < 1.29 is 5.11 Å². The van der Waals surface area contributed by atoms with Gasteiger partial charge in [0.15, 0.2) is 0 Å². The quantitative estimate of drug-likeness (QED) is 0.552. The third kappa shape index (κ3) is 4.23. The molecule has 4 nitrogen and oxygen atoms in total. The first kappa shape index (κ1) is 19.6. The van der Waals surface area contributed by atoms with Crippen molar-refractivity contribution in [2.45, 2.75) is 58.9 Å². The molecule has 2 aromatic heterocycles. The molecular formula is C23H31N3O. The van der Waals surface area contributed by atoms with Crippen LogP contribution in [0, 0.1) is 6.92 Å². The van der Waals surface area contributed by atoms with Crippen molar-refractivity contribution in [2.75, 3.05) is 6.61 Å². The second kappa shape index (κ2) is 9.16. The van der Waals surface area contributed by atoms with Gasteiger partial charge in [-0.15, -0.1) is 0 Å². The number of unbranched alkanes of at least 4 members (excludes halogenated alkanes) is 3. The van der Waals surface area contributed by atoms with Gasteiger partial charge < -0.3 is 10.8 Å². The van der Waals surface area contributed by atoms with Gasteiger partial charge in [0.1, 0.15) is 0 Å². The van der Waals surface area contributed by atoms with Gasteiger partial charge in [-0.2, -0.15) is 5.10 Å². The zero-order chi connectivity index (χ0) is 19.2. The van der Waals surface area contributed by atoms with Gasteiger partial charge in [-0.1, -0.05) is 38.0 Å². The van der Waals surface area contributed by atoms with E-state index in [-0.39, 0.29) is 6.61 Å². The van der Waals surface area contributed by atoms with E-state index >= 15 is 0 Å². The van der Waals surface area contributed by atoms with Gasteiger partial charge in [0.25, 0.3) is 0 Å². The van der Waals surface area contributed by atoms with Gasteiger partial charge in [-0.05, 0) is 67.5 Å². The Morgan fingerprint density at radius 2 is 1.89 bits per heavy atom. The number of aliphatic hydroxyl groups is 1. The van der Waals surface area contributed by atoms with Gasteiger partial charge in [0.2, 0.25) is 0 Å². The van der Waals surface area contributed by atoms with E-state index in [0.717, 1.165) is 49.8 Å². The molecule has 0 spiro atoms. The first-order valence-corrected chi connectivity index (χ1v) is 10.1. The van der Waals surface area contributed by atoms with Crippen molar-refractivity contribution in [3.63, 3.8) is 0 Å². The zero-order valence-electron chi connectivity index (χ0n) is 16.5. The number of aryl methyl sites for hydroxylation is 2. The normalized spacial score (nSPS) is 11.4. The molecule has 1 aromatic carbocycles. The fraction of sp³-hybridized carbons (Fsp3) is 0.435. The highest BCUT2D eigenvalue weighted by Gasteiger charge is 2.16. The molecule has 0 saturated carbocycles. The Morgan fingerprint density at radius 3 is 2.63 bits per heavy atom. The third-order valence-electron chi connectivity index (χ3n) is 5.33. The largest absolute Gasteiger partial charge is 0.396 e. The van der Waals surface area contributed by atoms with Crippen LogP contribution in [-0.4, -0.2) is 21.3 Å². The molecule has 0 aliphatic rings. The number of rotatable bonds is 9. The molecular weight excluding hydrogens is 334 g/mol. The van der Waals surface area contributed by atoms with E-state index in [2.05, 4.69) is 54.8 Å². The van der Waals surface area contributed by atoms with Crippen LogP contribution in [0.15, 0.2) is 36.4 Å². The zero-order valence-corrected chi connectivity index (χ0v) is 16.5. The molecule has 0 saturated heterocycles. The van der Waals surface area contributed by atoms with Gasteiger partial charge in [0.05, 0.1) is 11.2 Å². The Kier molecular flexibility index (Phi) is 6.64. The van der Waals surface area contributed by atoms with Gasteiger partial charge in [-0.3, -0.25) is 0 Å². The minimum atomic E-state index is 0.285. The Labute approximate surface area is 162 Å². The summed E-state index contributed by atoms with van der Waals surface area (Å²) in [6.07, 6.45) is 6.19. The SMILES string of the molecule is CCc1ccc2c(-c3cccc(CN)c3)c(CCCCCCO)c(C)nn12. The van der Waals surface area contributed by atoms with E-state index < -0.39 is 0 Å². The van der Waals surface area contributed by atoms with Crippen molar-refractivity contribution in [3.05, 3.63) is 58.9 Å². The molecule has 0 fully saturated rings. The van der Waals surface area contributed by atoms with E-state index in [9.17, 15) is 0 Å². The summed E-state index contributed by atoms with van der Waals surface area (Å²) in [5.41, 5.74) is 14.4. The maximum Gasteiger partial charge on any atom is 0.0731 e. The van der Waals surface area contributed by atoms with E-state index in [4.69, 9.17) is 15.9 Å². The maximum absolute atomic E-state index is 8.99. The fourth-order valence-electron chi connectivity index (χ4n) is 3.84. The number of nitrogens with zero attached hydrogens (tertiary/aromatic N) is 2. The smallest absolute Gasteiger partial charge is 0.0731 e. The minimum absolute atomic E-state index is 0.285. The Morgan fingerprint density at radius 1 is 1.07 bits per heavy atom. The van der Waals surface area contributed by atoms with Crippen LogP contribution in [0.2, 0.25) is 0 Å². The summed E-state index contributed by atoms with van der Waals surface area (Å²) in [5, 5.41) is 13.9. The number of fused-ring (bicyclic) bond motifs is 1. The molecule has 4 heteroatoms. The molecule has 0 aliphatic carbocycles. The number of aromatic nitrogens is 2. The van der Waals surface area contributed by atoms with E-state index in [0.29, 0.717) is 6.54 Å². The summed E-state index contributed by atoms with van der Waals surface area (Å²) < 4.78 is 2.11. The summed E-state index contributed by atoms with van der Waals surface area (Å²) in [4.78, 5) is 0. The van der Waals surface area contributed by atoms with Crippen LogP contribution < -0.4 is 5.73 Å². The summed E-state index contributed by atoms with van der Waals surface area (Å²) >= 11 is 0. The van der Waals surface area contributed by atoms with E-state index in [1.807, 2.05) is 0 Å². The topological polar surface area (TPSA) is 63.5 Å². The monoisotopic (exact) mass is 365 g/mol. The van der Waals surface area contributed by atoms with Gasteiger partial charge >= 0.3 is 0 Å². The average molecular weight is 366 g/mol. The standard InChI is InChI=1S/C23H31N3O/c1-3-20-12-13-22-23(19-10-8-9-18(15-19)16-24)21(17(2)25-26(20)22)11-6-4-5-7-14-27/h8-10,12-13,15,27H,3-7,11,14,16,24H2,1-2H3. The first-order chi connectivity index (χ1) is 13.2. The summed E-state index contributed by atoms with van der Waals surface area (Å²) in [6, 6.07) is 13.0. The molecule has 0 radical (unpaired) electrons. The summed E-state index contributed by atoms with van der Waals surface area (Å²) in [6.45, 7) is 5.13. The van der Waals surface area contributed by atoms with Crippen LogP contribution in [0.1, 0.15) is 55.1 Å². The molecule has 0 amide bonds. The maximum atomic E-state index is 8.99. The van der Waals surface area contributed by atoms with Gasteiger partial charge in [-0.25, -0.2) is 4.52 Å². The number of benzene rings is 1. The predicted molar refractivity (Wildman–Crippen MR) is 112 cm³/mol. The highest BCUT2D eigenvalue weighted by molar-refractivity contribution is 5.84. The van der Waals surface area contributed by atoms with Crippen molar-refractivity contribution in [1.29, 1.82) is 0 Å². The van der Waals surface area contributed by atoms with Crippen molar-refractivity contribution in [1.82, 2.24) is 9.61 Å². The number of hydrogen-bond acceptors (Lipinski definition) is 3. The van der Waals surface area contributed by atoms with Crippen molar-refractivity contribution >= 4 is 5.52 Å². The van der Waals surface area contributed by atoms with Gasteiger partial charge in [0, 0.05) is 24.4 Å². The number of hydrogen-bond donors (Lipinski definition) is 2. The average Bonchev–Trinajstić information content (AvgIpc) is 3.10. The minimum Gasteiger partial charge on any atom is -0.396 e. The number of aliphatic hydroxyl groups excluding tert-OH is 1. The molecule has 3 N–H and O–H groups in total. The Bertz CT molecular complexity index is 898. The molecule has 0 aliphatic heterocycles. The number of nitrogens with two attached hydrogens (primary N) is 1. The van der Waals surface area contributed by atoms with Crippen LogP contribution in [0.5, 0.6) is 0 Å². The van der Waals surface area contributed by atoms with Crippen LogP contribution in [0.3, 0.4) is 0 Å². The lowest BCUT2D eigenvalue weighted by atomic mass is 9.93. The second-order valence-corrected chi connectivity index (χ2v) is 7.21. The molecule has 144 valence electrons. The van der Waals surface area contributed by atoms with Crippen LogP contribution >= 0.6 is 0 Å². The first-order valence-electron chi connectivity index (χ1n) is 10.1. The van der Waals surface area contributed by atoms with E-state index in [1.165, 1.54) is 27.9 Å². The fourth-order valence-corrected chi connectivity index (χ4v) is 3.84.